The number of aromatic nitrogens is 2. The molecule has 7 heteroatoms. The second-order valence-electron chi connectivity index (χ2n) is 6.15. The molecule has 2 N–H and O–H groups in total. The molecule has 1 aromatic rings. The molecule has 2 fully saturated rings. The van der Waals surface area contributed by atoms with E-state index in [1.54, 1.807) is 6.20 Å². The Labute approximate surface area is 130 Å². The van der Waals surface area contributed by atoms with Crippen LogP contribution in [0.2, 0.25) is 0 Å². The van der Waals surface area contributed by atoms with Crippen LogP contribution in [0.15, 0.2) is 12.4 Å². The number of hydrogen-bond acceptors (Lipinski definition) is 4. The van der Waals surface area contributed by atoms with E-state index in [9.17, 15) is 9.59 Å². The highest BCUT2D eigenvalue weighted by Gasteiger charge is 2.26. The zero-order chi connectivity index (χ0) is 15.5. The van der Waals surface area contributed by atoms with Crippen LogP contribution in [0, 0.1) is 0 Å². The highest BCUT2D eigenvalue weighted by molar-refractivity contribution is 5.92. The van der Waals surface area contributed by atoms with E-state index in [0.29, 0.717) is 17.9 Å². The van der Waals surface area contributed by atoms with Crippen molar-refractivity contribution in [1.29, 1.82) is 0 Å². The molecular weight excluding hydrogens is 282 g/mol. The molecule has 3 heterocycles. The van der Waals surface area contributed by atoms with E-state index in [2.05, 4.69) is 10.00 Å². The van der Waals surface area contributed by atoms with Gasteiger partial charge in [0.2, 0.25) is 5.91 Å². The molecule has 0 bridgehead atoms. The molecule has 2 saturated heterocycles. The van der Waals surface area contributed by atoms with Crippen molar-refractivity contribution in [2.75, 3.05) is 32.7 Å². The SMILES string of the molecule is NC(=O)c1cnn(C2CCN(CCN3CCCCC3=O)C2)c1. The van der Waals surface area contributed by atoms with Crippen molar-refractivity contribution < 1.29 is 9.59 Å². The number of piperidine rings is 1. The van der Waals surface area contributed by atoms with E-state index in [0.717, 1.165) is 52.0 Å². The van der Waals surface area contributed by atoms with Gasteiger partial charge in [0.1, 0.15) is 0 Å². The standard InChI is InChI=1S/C15H23N5O2/c16-15(22)12-9-17-20(10-12)13-4-6-18(11-13)7-8-19-5-2-1-3-14(19)21/h9-10,13H,1-8,11H2,(H2,16,22). The Bertz CT molecular complexity index is 556. The number of likely N-dealkylation sites (tertiary alicyclic amines) is 2. The number of nitrogens with zero attached hydrogens (tertiary/aromatic N) is 4. The molecule has 2 amide bonds. The first-order chi connectivity index (χ1) is 10.6. The summed E-state index contributed by atoms with van der Waals surface area (Å²) in [4.78, 5) is 27.3. The van der Waals surface area contributed by atoms with Crippen LogP contribution >= 0.6 is 0 Å². The highest BCUT2D eigenvalue weighted by atomic mass is 16.2. The van der Waals surface area contributed by atoms with Gasteiger partial charge in [-0.3, -0.25) is 19.2 Å². The minimum Gasteiger partial charge on any atom is -0.366 e. The lowest BCUT2D eigenvalue weighted by Crippen LogP contribution is -2.40. The monoisotopic (exact) mass is 305 g/mol. The lowest BCUT2D eigenvalue weighted by molar-refractivity contribution is -0.133. The molecule has 2 aliphatic heterocycles. The Balaban J connectivity index is 1.49. The summed E-state index contributed by atoms with van der Waals surface area (Å²) >= 11 is 0. The summed E-state index contributed by atoms with van der Waals surface area (Å²) in [5, 5.41) is 4.24. The summed E-state index contributed by atoms with van der Waals surface area (Å²) in [6.07, 6.45) is 7.11. The molecular formula is C15H23N5O2. The Morgan fingerprint density at radius 1 is 1.32 bits per heavy atom. The quantitative estimate of drug-likeness (QED) is 0.844. The Morgan fingerprint density at radius 3 is 2.91 bits per heavy atom. The molecule has 0 saturated carbocycles. The first-order valence-corrected chi connectivity index (χ1v) is 7.97. The zero-order valence-corrected chi connectivity index (χ0v) is 12.8. The smallest absolute Gasteiger partial charge is 0.251 e. The maximum atomic E-state index is 11.8. The predicted molar refractivity (Wildman–Crippen MR) is 81.3 cm³/mol. The summed E-state index contributed by atoms with van der Waals surface area (Å²) in [6.45, 7) is 4.53. The van der Waals surface area contributed by atoms with E-state index in [1.165, 1.54) is 6.20 Å². The summed E-state index contributed by atoms with van der Waals surface area (Å²) in [6, 6.07) is 0.283. The van der Waals surface area contributed by atoms with Gasteiger partial charge >= 0.3 is 0 Å². The van der Waals surface area contributed by atoms with Gasteiger partial charge in [0, 0.05) is 45.3 Å². The number of carbonyl (C=O) groups is 2. The third-order valence-electron chi connectivity index (χ3n) is 4.62. The topological polar surface area (TPSA) is 84.5 Å². The fourth-order valence-electron chi connectivity index (χ4n) is 3.26. The Morgan fingerprint density at radius 2 is 2.18 bits per heavy atom. The molecule has 0 aromatic carbocycles. The summed E-state index contributed by atoms with van der Waals surface area (Å²) < 4.78 is 1.84. The largest absolute Gasteiger partial charge is 0.366 e. The molecule has 22 heavy (non-hydrogen) atoms. The van der Waals surface area contributed by atoms with Crippen LogP contribution in [0.1, 0.15) is 42.1 Å². The third kappa shape index (κ3) is 3.30. The van der Waals surface area contributed by atoms with E-state index >= 15 is 0 Å². The lowest BCUT2D eigenvalue weighted by Gasteiger charge is -2.28. The van der Waals surface area contributed by atoms with Gasteiger partial charge in [-0.15, -0.1) is 0 Å². The van der Waals surface area contributed by atoms with Crippen LogP contribution < -0.4 is 5.73 Å². The maximum Gasteiger partial charge on any atom is 0.251 e. The molecule has 0 aliphatic carbocycles. The van der Waals surface area contributed by atoms with Crippen molar-refractivity contribution in [3.63, 3.8) is 0 Å². The molecule has 3 rings (SSSR count). The number of hydrogen-bond donors (Lipinski definition) is 1. The van der Waals surface area contributed by atoms with Crippen molar-refractivity contribution >= 4 is 11.8 Å². The second kappa shape index (κ2) is 6.48. The van der Waals surface area contributed by atoms with E-state index < -0.39 is 5.91 Å². The molecule has 7 nitrogen and oxygen atoms in total. The number of nitrogens with two attached hydrogens (primary N) is 1. The predicted octanol–water partition coefficient (Wildman–Crippen LogP) is 0.241. The number of primary amides is 1. The van der Waals surface area contributed by atoms with Crippen molar-refractivity contribution in [3.05, 3.63) is 18.0 Å². The van der Waals surface area contributed by atoms with Crippen LogP contribution in [0.4, 0.5) is 0 Å². The molecule has 0 spiro atoms. The summed E-state index contributed by atoms with van der Waals surface area (Å²) in [5.74, 6) is -0.148. The van der Waals surface area contributed by atoms with E-state index in [-0.39, 0.29) is 6.04 Å². The van der Waals surface area contributed by atoms with Crippen LogP contribution in [-0.2, 0) is 4.79 Å². The van der Waals surface area contributed by atoms with Gasteiger partial charge in [-0.25, -0.2) is 0 Å². The van der Waals surface area contributed by atoms with Gasteiger partial charge in [0.05, 0.1) is 17.8 Å². The van der Waals surface area contributed by atoms with Gasteiger partial charge in [0.15, 0.2) is 0 Å². The summed E-state index contributed by atoms with van der Waals surface area (Å²) in [5.41, 5.74) is 5.71. The molecule has 1 atom stereocenters. The van der Waals surface area contributed by atoms with E-state index in [4.69, 9.17) is 5.73 Å². The van der Waals surface area contributed by atoms with Crippen LogP contribution in [0.3, 0.4) is 0 Å². The van der Waals surface area contributed by atoms with Crippen molar-refractivity contribution in [1.82, 2.24) is 19.6 Å². The fraction of sp³-hybridized carbons (Fsp3) is 0.667. The molecule has 1 unspecified atom stereocenters. The summed E-state index contributed by atoms with van der Waals surface area (Å²) in [7, 11) is 0. The minimum absolute atomic E-state index is 0.283. The first-order valence-electron chi connectivity index (χ1n) is 7.97. The van der Waals surface area contributed by atoms with Gasteiger partial charge in [-0.05, 0) is 19.3 Å². The number of carbonyl (C=O) groups excluding carboxylic acids is 2. The number of rotatable bonds is 5. The normalized spacial score (nSPS) is 23.2. The maximum absolute atomic E-state index is 11.8. The fourth-order valence-corrected chi connectivity index (χ4v) is 3.26. The average Bonchev–Trinajstić information content (AvgIpc) is 3.15. The van der Waals surface area contributed by atoms with E-state index in [1.807, 2.05) is 9.58 Å². The van der Waals surface area contributed by atoms with Crippen LogP contribution in [-0.4, -0.2) is 64.1 Å². The van der Waals surface area contributed by atoms with Crippen molar-refractivity contribution in [2.24, 2.45) is 5.73 Å². The minimum atomic E-state index is -0.440. The van der Waals surface area contributed by atoms with Crippen molar-refractivity contribution in [2.45, 2.75) is 31.7 Å². The lowest BCUT2D eigenvalue weighted by atomic mass is 10.1. The first kappa shape index (κ1) is 15.0. The molecule has 2 aliphatic rings. The highest BCUT2D eigenvalue weighted by Crippen LogP contribution is 2.21. The number of amides is 2. The zero-order valence-electron chi connectivity index (χ0n) is 12.8. The van der Waals surface area contributed by atoms with Gasteiger partial charge < -0.3 is 10.6 Å². The Kier molecular flexibility index (Phi) is 4.42. The second-order valence-corrected chi connectivity index (χ2v) is 6.15. The molecule has 120 valence electrons. The van der Waals surface area contributed by atoms with Crippen molar-refractivity contribution in [3.8, 4) is 0 Å². The molecule has 1 aromatic heterocycles. The van der Waals surface area contributed by atoms with Gasteiger partial charge in [-0.1, -0.05) is 0 Å². The third-order valence-corrected chi connectivity index (χ3v) is 4.62. The Hall–Kier alpha value is -1.89. The molecule has 0 radical (unpaired) electrons. The van der Waals surface area contributed by atoms with Gasteiger partial charge in [-0.2, -0.15) is 5.10 Å². The average molecular weight is 305 g/mol. The van der Waals surface area contributed by atoms with Gasteiger partial charge in [0.25, 0.3) is 5.91 Å². The van der Waals surface area contributed by atoms with Crippen LogP contribution in [0.5, 0.6) is 0 Å². The van der Waals surface area contributed by atoms with Crippen LogP contribution in [0.25, 0.3) is 0 Å².